The van der Waals surface area contributed by atoms with Gasteiger partial charge in [-0.15, -0.1) is 10.2 Å². The SMILES string of the molecule is CCc1nnc(C[C@]2(Cc3cnn4cc([C@@H](NC(=O)c5nonc5C5CC5)C5CCC(F)(F)CC5)nc4c3)C[C@@H](C(F)(F)F)NC2=O)o1. The van der Waals surface area contributed by atoms with Gasteiger partial charge in [-0.3, -0.25) is 9.59 Å². The van der Waals surface area contributed by atoms with Gasteiger partial charge in [-0.25, -0.2) is 22.9 Å². The Morgan fingerprint density at radius 2 is 1.88 bits per heavy atom. The van der Waals surface area contributed by atoms with E-state index in [2.05, 4.69) is 41.2 Å². The van der Waals surface area contributed by atoms with Crippen LogP contribution in [0.5, 0.6) is 0 Å². The minimum atomic E-state index is -4.66. The number of rotatable bonds is 10. The summed E-state index contributed by atoms with van der Waals surface area (Å²) in [6.45, 7) is 1.78. The highest BCUT2D eigenvalue weighted by Crippen LogP contribution is 2.44. The van der Waals surface area contributed by atoms with E-state index in [1.165, 1.54) is 10.7 Å². The number of imidazole rings is 1. The van der Waals surface area contributed by atoms with Crippen LogP contribution >= 0.6 is 0 Å². The first kappa shape index (κ1) is 32.1. The quantitative estimate of drug-likeness (QED) is 0.229. The number of nitrogens with one attached hydrogen (secondary N) is 2. The predicted molar refractivity (Wildman–Crippen MR) is 152 cm³/mol. The Balaban J connectivity index is 1.18. The fraction of sp³-hybridized carbons (Fsp3) is 0.600. The molecule has 5 heterocycles. The monoisotopic (exact) mass is 677 g/mol. The van der Waals surface area contributed by atoms with Gasteiger partial charge in [0, 0.05) is 31.6 Å². The van der Waals surface area contributed by atoms with Crippen LogP contribution in [0, 0.1) is 11.3 Å². The summed E-state index contributed by atoms with van der Waals surface area (Å²) in [6, 6.07) is -1.24. The zero-order valence-corrected chi connectivity index (χ0v) is 25.8. The molecule has 2 N–H and O–H groups in total. The first-order chi connectivity index (χ1) is 22.8. The lowest BCUT2D eigenvalue weighted by Gasteiger charge is -2.33. The molecule has 3 atom stereocenters. The molecule has 2 aliphatic carbocycles. The van der Waals surface area contributed by atoms with E-state index >= 15 is 0 Å². The molecule has 3 fully saturated rings. The summed E-state index contributed by atoms with van der Waals surface area (Å²) in [4.78, 5) is 31.3. The van der Waals surface area contributed by atoms with Crippen molar-refractivity contribution in [3.8, 4) is 0 Å². The first-order valence-electron chi connectivity index (χ1n) is 15.9. The Morgan fingerprint density at radius 1 is 1.12 bits per heavy atom. The second kappa shape index (κ2) is 11.9. The molecule has 0 bridgehead atoms. The lowest BCUT2D eigenvalue weighted by molar-refractivity contribution is -0.155. The maximum absolute atomic E-state index is 14.1. The highest BCUT2D eigenvalue weighted by Gasteiger charge is 2.56. The number of carbonyl (C=O) groups excluding carboxylic acids is 2. The number of alkyl halides is 5. The Bertz CT molecular complexity index is 1820. The van der Waals surface area contributed by atoms with Crippen LogP contribution in [0.2, 0.25) is 0 Å². The highest BCUT2D eigenvalue weighted by molar-refractivity contribution is 5.93. The topological polar surface area (TPSA) is 166 Å². The van der Waals surface area contributed by atoms with Crippen LogP contribution in [0.1, 0.15) is 103 Å². The molecule has 2 saturated carbocycles. The van der Waals surface area contributed by atoms with Crippen molar-refractivity contribution in [1.82, 2.24) is 45.7 Å². The number of fused-ring (bicyclic) bond motifs is 1. The molecule has 2 amide bonds. The average Bonchev–Trinajstić information content (AvgIpc) is 3.37. The molecular weight excluding hydrogens is 645 g/mol. The molecule has 7 rings (SSSR count). The van der Waals surface area contributed by atoms with Gasteiger partial charge in [0.2, 0.25) is 23.6 Å². The molecule has 1 saturated heterocycles. The molecule has 256 valence electrons. The molecule has 13 nitrogen and oxygen atoms in total. The number of amides is 2. The summed E-state index contributed by atoms with van der Waals surface area (Å²) in [5.74, 6) is -4.12. The molecule has 0 spiro atoms. The number of hydrogen-bond acceptors (Lipinski definition) is 10. The molecule has 18 heteroatoms. The number of aryl methyl sites for hydroxylation is 1. The number of nitrogens with zero attached hydrogens (tertiary/aromatic N) is 7. The first-order valence-corrected chi connectivity index (χ1v) is 15.9. The molecule has 0 radical (unpaired) electrons. The third-order valence-electron chi connectivity index (χ3n) is 9.55. The number of carbonyl (C=O) groups is 2. The summed E-state index contributed by atoms with van der Waals surface area (Å²) in [7, 11) is 0. The second-order valence-electron chi connectivity index (χ2n) is 13.1. The zero-order chi connectivity index (χ0) is 33.8. The Morgan fingerprint density at radius 3 is 2.54 bits per heavy atom. The molecule has 0 aromatic carbocycles. The van der Waals surface area contributed by atoms with Crippen LogP contribution in [0.25, 0.3) is 5.65 Å². The Hall–Kier alpha value is -4.51. The maximum Gasteiger partial charge on any atom is 0.408 e. The van der Waals surface area contributed by atoms with E-state index in [-0.39, 0.29) is 67.6 Å². The van der Waals surface area contributed by atoms with Crippen molar-refractivity contribution < 1.29 is 40.6 Å². The van der Waals surface area contributed by atoms with Crippen molar-refractivity contribution in [1.29, 1.82) is 0 Å². The van der Waals surface area contributed by atoms with Gasteiger partial charge in [0.15, 0.2) is 11.3 Å². The van der Waals surface area contributed by atoms with Crippen LogP contribution in [0.4, 0.5) is 22.0 Å². The number of aromatic nitrogens is 7. The van der Waals surface area contributed by atoms with Gasteiger partial charge < -0.3 is 15.1 Å². The fourth-order valence-electron chi connectivity index (χ4n) is 6.79. The molecule has 0 unspecified atom stereocenters. The average molecular weight is 678 g/mol. The standard InChI is InChI=1S/C30H32F5N9O4/c1-2-21-40-41-22(47-21)12-28(11-19(30(33,34)35)38-27(28)46)10-15-9-20-37-18(14-44(20)36-13-15)23(17-5-7-29(31,32)8-6-17)39-26(45)25-24(16-3-4-16)42-48-43-25/h9,13-14,16-17,19,23H,2-8,10-12H2,1H3,(H,38,46)(H,39,45)/t19-,23-,28-/m0/s1. The summed E-state index contributed by atoms with van der Waals surface area (Å²) < 4.78 is 81.3. The fourth-order valence-corrected chi connectivity index (χ4v) is 6.79. The van der Waals surface area contributed by atoms with E-state index < -0.39 is 47.8 Å². The molecule has 4 aromatic rings. The highest BCUT2D eigenvalue weighted by atomic mass is 19.4. The number of hydrogen-bond donors (Lipinski definition) is 2. The van der Waals surface area contributed by atoms with E-state index in [0.29, 0.717) is 29.3 Å². The zero-order valence-electron chi connectivity index (χ0n) is 25.8. The van der Waals surface area contributed by atoms with Crippen LogP contribution < -0.4 is 10.6 Å². The minimum absolute atomic E-state index is 0.0393. The summed E-state index contributed by atoms with van der Waals surface area (Å²) >= 11 is 0. The van der Waals surface area contributed by atoms with Crippen molar-refractivity contribution in [3.05, 3.63) is 52.9 Å². The normalized spacial score (nSPS) is 23.8. The molecule has 48 heavy (non-hydrogen) atoms. The lowest BCUT2D eigenvalue weighted by Crippen LogP contribution is -2.39. The van der Waals surface area contributed by atoms with Crippen molar-refractivity contribution in [2.75, 3.05) is 0 Å². The smallest absolute Gasteiger partial charge is 0.408 e. The Kier molecular flexibility index (Phi) is 7.93. The van der Waals surface area contributed by atoms with Crippen LogP contribution in [0.15, 0.2) is 27.5 Å². The van der Waals surface area contributed by atoms with E-state index in [4.69, 9.17) is 9.05 Å². The van der Waals surface area contributed by atoms with Gasteiger partial charge in [0.25, 0.3) is 5.91 Å². The van der Waals surface area contributed by atoms with Crippen LogP contribution in [0.3, 0.4) is 0 Å². The van der Waals surface area contributed by atoms with Gasteiger partial charge in [0.05, 0.1) is 29.5 Å². The van der Waals surface area contributed by atoms with Gasteiger partial charge in [-0.05, 0) is 61.2 Å². The van der Waals surface area contributed by atoms with Crippen LogP contribution in [-0.2, 0) is 24.1 Å². The van der Waals surface area contributed by atoms with Crippen molar-refractivity contribution in [3.63, 3.8) is 0 Å². The molecule has 4 aromatic heterocycles. The van der Waals surface area contributed by atoms with E-state index in [9.17, 15) is 31.5 Å². The number of halogens is 5. The van der Waals surface area contributed by atoms with Crippen molar-refractivity contribution in [2.24, 2.45) is 11.3 Å². The summed E-state index contributed by atoms with van der Waals surface area (Å²) in [6.07, 6.45) is -0.880. The maximum atomic E-state index is 14.1. The predicted octanol–water partition coefficient (Wildman–Crippen LogP) is 4.45. The van der Waals surface area contributed by atoms with E-state index in [0.717, 1.165) is 12.8 Å². The third kappa shape index (κ3) is 6.35. The van der Waals surface area contributed by atoms with Gasteiger partial charge >= 0.3 is 6.18 Å². The van der Waals surface area contributed by atoms with Crippen LogP contribution in [-0.4, -0.2) is 65.1 Å². The molecular formula is C30H32F5N9O4. The van der Waals surface area contributed by atoms with Gasteiger partial charge in [0.1, 0.15) is 11.7 Å². The minimum Gasteiger partial charge on any atom is -0.425 e. The van der Waals surface area contributed by atoms with Gasteiger partial charge in [-0.1, -0.05) is 12.1 Å². The molecule has 3 aliphatic rings. The van der Waals surface area contributed by atoms with Crippen molar-refractivity contribution >= 4 is 17.5 Å². The van der Waals surface area contributed by atoms with Gasteiger partial charge in [-0.2, -0.15) is 18.3 Å². The largest absolute Gasteiger partial charge is 0.425 e. The van der Waals surface area contributed by atoms with E-state index in [1.54, 1.807) is 19.2 Å². The lowest BCUT2D eigenvalue weighted by atomic mass is 9.76. The summed E-state index contributed by atoms with van der Waals surface area (Å²) in [5.41, 5.74) is -0.00696. The summed E-state index contributed by atoms with van der Waals surface area (Å²) in [5, 5.41) is 24.9. The third-order valence-corrected chi connectivity index (χ3v) is 9.55. The molecule has 1 aliphatic heterocycles. The van der Waals surface area contributed by atoms with E-state index in [1.807, 2.05) is 0 Å². The second-order valence-corrected chi connectivity index (χ2v) is 13.1. The Labute approximate surface area is 269 Å². The van der Waals surface area contributed by atoms with Crippen molar-refractivity contribution in [2.45, 2.75) is 101 Å².